The number of rotatable bonds is 14. The molecular weight excluding hydrogens is 306 g/mol. The zero-order chi connectivity index (χ0) is 17.8. The molecule has 0 amide bonds. The minimum atomic E-state index is 0.586. The molecule has 0 aromatic rings. The van der Waals surface area contributed by atoms with Crippen molar-refractivity contribution in [3.63, 3.8) is 0 Å². The first kappa shape index (κ1) is 21.2. The largest absolute Gasteiger partial charge is 0.380 e. The molecule has 0 bridgehead atoms. The van der Waals surface area contributed by atoms with Gasteiger partial charge in [-0.3, -0.25) is 0 Å². The van der Waals surface area contributed by atoms with Gasteiger partial charge in [-0.1, -0.05) is 84.5 Å². The van der Waals surface area contributed by atoms with E-state index in [2.05, 4.69) is 18.7 Å². The molecule has 0 radical (unpaired) electrons. The van der Waals surface area contributed by atoms with Crippen molar-refractivity contribution >= 4 is 0 Å². The van der Waals surface area contributed by atoms with E-state index in [1.807, 2.05) is 0 Å². The third-order valence-electron chi connectivity index (χ3n) is 6.72. The van der Waals surface area contributed by atoms with Gasteiger partial charge in [0.2, 0.25) is 0 Å². The van der Waals surface area contributed by atoms with Gasteiger partial charge in [-0.2, -0.15) is 0 Å². The van der Waals surface area contributed by atoms with E-state index in [1.54, 1.807) is 0 Å². The molecule has 0 saturated carbocycles. The molecule has 2 saturated heterocycles. The summed E-state index contributed by atoms with van der Waals surface area (Å²) in [7, 11) is 0. The Bertz CT molecular complexity index is 316. The van der Waals surface area contributed by atoms with E-state index in [0.717, 1.165) is 19.3 Å². The molecule has 2 rings (SSSR count). The Morgan fingerprint density at radius 3 is 1.64 bits per heavy atom. The summed E-state index contributed by atoms with van der Waals surface area (Å²) in [6, 6.07) is 0.867. The van der Waals surface area contributed by atoms with Crippen LogP contribution in [0.25, 0.3) is 0 Å². The Morgan fingerprint density at radius 2 is 1.20 bits per heavy atom. The molecule has 0 aliphatic carbocycles. The monoisotopic (exact) mass is 351 g/mol. The molecule has 2 fully saturated rings. The van der Waals surface area contributed by atoms with Crippen LogP contribution in [0.4, 0.5) is 0 Å². The lowest BCUT2D eigenvalue weighted by Crippen LogP contribution is -2.53. The van der Waals surface area contributed by atoms with Crippen LogP contribution in [-0.2, 0) is 4.74 Å². The molecule has 25 heavy (non-hydrogen) atoms. The first-order chi connectivity index (χ1) is 12.3. The quantitative estimate of drug-likeness (QED) is 0.328. The van der Waals surface area contributed by atoms with Crippen LogP contribution in [0.1, 0.15) is 110 Å². The van der Waals surface area contributed by atoms with E-state index in [4.69, 9.17) is 4.74 Å². The fourth-order valence-corrected chi connectivity index (χ4v) is 4.70. The third kappa shape index (κ3) is 7.59. The van der Waals surface area contributed by atoms with Crippen molar-refractivity contribution in [2.75, 3.05) is 26.3 Å². The van der Waals surface area contributed by atoms with Gasteiger partial charge in [0.25, 0.3) is 0 Å². The Labute approximate surface area is 158 Å². The van der Waals surface area contributed by atoms with Gasteiger partial charge in [0.1, 0.15) is 0 Å². The highest BCUT2D eigenvalue weighted by molar-refractivity contribution is 4.92. The first-order valence-corrected chi connectivity index (χ1v) is 11.6. The summed E-state index contributed by atoms with van der Waals surface area (Å²) < 4.78 is 5.51. The number of hydrogen-bond donors (Lipinski definition) is 0. The van der Waals surface area contributed by atoms with E-state index in [1.165, 1.54) is 109 Å². The molecule has 2 nitrogen and oxygen atoms in total. The standard InChI is InChI=1S/C23H45NO/c1-3-5-7-9-11-13-15-22(14-12-10-8-6-4-2)24-18-16-23(17-19-24)20-25-21-23/h22H,3-21H2,1-2H3. The van der Waals surface area contributed by atoms with E-state index < -0.39 is 0 Å². The minimum absolute atomic E-state index is 0.586. The lowest BCUT2D eigenvalue weighted by atomic mass is 9.76. The first-order valence-electron chi connectivity index (χ1n) is 11.6. The van der Waals surface area contributed by atoms with Crippen LogP contribution in [0.5, 0.6) is 0 Å². The van der Waals surface area contributed by atoms with Crippen LogP contribution in [0, 0.1) is 5.41 Å². The van der Waals surface area contributed by atoms with Crippen LogP contribution in [-0.4, -0.2) is 37.2 Å². The van der Waals surface area contributed by atoms with Gasteiger partial charge in [0, 0.05) is 11.5 Å². The lowest BCUT2D eigenvalue weighted by molar-refractivity contribution is -0.143. The molecule has 1 atom stereocenters. The normalized spacial score (nSPS) is 21.4. The van der Waals surface area contributed by atoms with Crippen LogP contribution in [0.2, 0.25) is 0 Å². The fraction of sp³-hybridized carbons (Fsp3) is 1.00. The number of piperidine rings is 1. The number of hydrogen-bond acceptors (Lipinski definition) is 2. The van der Waals surface area contributed by atoms with Gasteiger partial charge in [0.05, 0.1) is 13.2 Å². The molecule has 0 aromatic carbocycles. The highest BCUT2D eigenvalue weighted by atomic mass is 16.5. The number of nitrogens with zero attached hydrogens (tertiary/aromatic N) is 1. The molecule has 1 unspecified atom stereocenters. The van der Waals surface area contributed by atoms with Crippen molar-refractivity contribution in [2.45, 2.75) is 116 Å². The van der Waals surface area contributed by atoms with Crippen LogP contribution in [0.15, 0.2) is 0 Å². The zero-order valence-electron chi connectivity index (χ0n) is 17.4. The summed E-state index contributed by atoms with van der Waals surface area (Å²) in [5, 5.41) is 0. The van der Waals surface area contributed by atoms with Crippen LogP contribution < -0.4 is 0 Å². The van der Waals surface area contributed by atoms with Gasteiger partial charge in [0.15, 0.2) is 0 Å². The number of ether oxygens (including phenoxy) is 1. The van der Waals surface area contributed by atoms with Crippen LogP contribution >= 0.6 is 0 Å². The predicted octanol–water partition coefficient (Wildman–Crippen LogP) is 6.58. The van der Waals surface area contributed by atoms with Gasteiger partial charge in [-0.15, -0.1) is 0 Å². The Hall–Kier alpha value is -0.0800. The van der Waals surface area contributed by atoms with Gasteiger partial charge < -0.3 is 9.64 Å². The highest BCUT2D eigenvalue weighted by Crippen LogP contribution is 2.39. The number of unbranched alkanes of at least 4 members (excludes halogenated alkanes) is 9. The molecule has 0 N–H and O–H groups in total. The van der Waals surface area contributed by atoms with E-state index in [0.29, 0.717) is 5.41 Å². The van der Waals surface area contributed by atoms with E-state index in [-0.39, 0.29) is 0 Å². The van der Waals surface area contributed by atoms with E-state index >= 15 is 0 Å². The molecule has 148 valence electrons. The predicted molar refractivity (Wildman–Crippen MR) is 109 cm³/mol. The van der Waals surface area contributed by atoms with E-state index in [9.17, 15) is 0 Å². The van der Waals surface area contributed by atoms with Crippen molar-refractivity contribution in [1.82, 2.24) is 4.90 Å². The second-order valence-electron chi connectivity index (χ2n) is 8.94. The smallest absolute Gasteiger partial charge is 0.0545 e. The second-order valence-corrected chi connectivity index (χ2v) is 8.94. The SMILES string of the molecule is CCCCCCCCC(CCCCCCC)N1CCC2(CC1)COC2. The molecule has 2 heteroatoms. The maximum atomic E-state index is 5.51. The topological polar surface area (TPSA) is 12.5 Å². The summed E-state index contributed by atoms with van der Waals surface area (Å²) >= 11 is 0. The van der Waals surface area contributed by atoms with Gasteiger partial charge >= 0.3 is 0 Å². The van der Waals surface area contributed by atoms with Crippen molar-refractivity contribution in [3.8, 4) is 0 Å². The lowest BCUT2D eigenvalue weighted by Gasteiger charge is -2.49. The summed E-state index contributed by atoms with van der Waals surface area (Å²) in [4.78, 5) is 2.86. The van der Waals surface area contributed by atoms with Crippen molar-refractivity contribution < 1.29 is 4.74 Å². The molecule has 2 aliphatic rings. The molecular formula is C23H45NO. The van der Waals surface area contributed by atoms with Crippen molar-refractivity contribution in [1.29, 1.82) is 0 Å². The zero-order valence-corrected chi connectivity index (χ0v) is 17.4. The average molecular weight is 352 g/mol. The number of likely N-dealkylation sites (tertiary alicyclic amines) is 1. The van der Waals surface area contributed by atoms with Gasteiger partial charge in [-0.25, -0.2) is 0 Å². The fourth-order valence-electron chi connectivity index (χ4n) is 4.70. The van der Waals surface area contributed by atoms with Crippen LogP contribution in [0.3, 0.4) is 0 Å². The molecule has 1 spiro atoms. The summed E-state index contributed by atoms with van der Waals surface area (Å²) in [5.74, 6) is 0. The maximum absolute atomic E-state index is 5.51. The Balaban J connectivity index is 1.67. The average Bonchev–Trinajstić information content (AvgIpc) is 2.61. The maximum Gasteiger partial charge on any atom is 0.0545 e. The van der Waals surface area contributed by atoms with Crippen molar-refractivity contribution in [2.24, 2.45) is 5.41 Å². The summed E-state index contributed by atoms with van der Waals surface area (Å²) in [6.45, 7) is 9.37. The second kappa shape index (κ2) is 12.3. The molecule has 2 aliphatic heterocycles. The Kier molecular flexibility index (Phi) is 10.5. The van der Waals surface area contributed by atoms with Gasteiger partial charge in [-0.05, 0) is 38.8 Å². The summed E-state index contributed by atoms with van der Waals surface area (Å²) in [6.07, 6.45) is 21.4. The molecule has 0 aromatic heterocycles. The summed E-state index contributed by atoms with van der Waals surface area (Å²) in [5.41, 5.74) is 0.586. The highest BCUT2D eigenvalue weighted by Gasteiger charge is 2.41. The Morgan fingerprint density at radius 1 is 0.720 bits per heavy atom. The van der Waals surface area contributed by atoms with Crippen molar-refractivity contribution in [3.05, 3.63) is 0 Å². The third-order valence-corrected chi connectivity index (χ3v) is 6.72. The molecule has 2 heterocycles. The minimum Gasteiger partial charge on any atom is -0.380 e.